The predicted molar refractivity (Wildman–Crippen MR) is 88.3 cm³/mol. The third-order valence-electron chi connectivity index (χ3n) is 4.57. The van der Waals surface area contributed by atoms with Crippen molar-refractivity contribution in [3.63, 3.8) is 0 Å². The molecule has 0 unspecified atom stereocenters. The summed E-state index contributed by atoms with van der Waals surface area (Å²) in [5, 5.41) is 13.5. The Bertz CT molecular complexity index is 601. The number of aryl methyl sites for hydroxylation is 1. The highest BCUT2D eigenvalue weighted by molar-refractivity contribution is 5.28. The summed E-state index contributed by atoms with van der Waals surface area (Å²) in [5.41, 5.74) is 1.32. The van der Waals surface area contributed by atoms with E-state index in [-0.39, 0.29) is 0 Å². The number of phenols is 1. The van der Waals surface area contributed by atoms with Crippen LogP contribution in [0.1, 0.15) is 55.8 Å². The van der Waals surface area contributed by atoms with Gasteiger partial charge in [0.1, 0.15) is 5.75 Å². The summed E-state index contributed by atoms with van der Waals surface area (Å²) < 4.78 is 5.30. The maximum absolute atomic E-state index is 9.39. The summed E-state index contributed by atoms with van der Waals surface area (Å²) in [5.74, 6) is 2.49. The lowest BCUT2D eigenvalue weighted by molar-refractivity contribution is 0.198. The zero-order valence-electron chi connectivity index (χ0n) is 13.7. The fourth-order valence-corrected chi connectivity index (χ4v) is 3.15. The molecular weight excluding hydrogens is 290 g/mol. The van der Waals surface area contributed by atoms with Crippen LogP contribution >= 0.6 is 0 Å². The molecule has 0 spiro atoms. The number of unbranched alkanes of at least 4 members (excludes halogenated alkanes) is 1. The summed E-state index contributed by atoms with van der Waals surface area (Å²) >= 11 is 0. The van der Waals surface area contributed by atoms with E-state index < -0.39 is 0 Å². The van der Waals surface area contributed by atoms with Gasteiger partial charge < -0.3 is 9.63 Å². The van der Waals surface area contributed by atoms with Crippen LogP contribution in [0.25, 0.3) is 0 Å². The fourth-order valence-electron chi connectivity index (χ4n) is 3.15. The average molecular weight is 315 g/mol. The standard InChI is InChI=1S/C18H25N3O2/c1-2-3-4-18-19-17(20-23-18)13-21-11-9-15(10-12-21)14-5-7-16(22)8-6-14/h5-8,15,22H,2-4,9-13H2,1H3. The van der Waals surface area contributed by atoms with Gasteiger partial charge in [-0.15, -0.1) is 0 Å². The van der Waals surface area contributed by atoms with Crippen LogP contribution < -0.4 is 0 Å². The largest absolute Gasteiger partial charge is 0.508 e. The van der Waals surface area contributed by atoms with E-state index >= 15 is 0 Å². The Labute approximate surface area is 137 Å². The number of hydrogen-bond acceptors (Lipinski definition) is 5. The molecule has 1 fully saturated rings. The van der Waals surface area contributed by atoms with Crippen LogP contribution in [-0.4, -0.2) is 33.2 Å². The maximum atomic E-state index is 9.39. The van der Waals surface area contributed by atoms with E-state index in [1.807, 2.05) is 12.1 Å². The van der Waals surface area contributed by atoms with Crippen molar-refractivity contribution < 1.29 is 9.63 Å². The summed E-state index contributed by atoms with van der Waals surface area (Å²) in [6.45, 7) is 5.03. The monoisotopic (exact) mass is 315 g/mol. The van der Waals surface area contributed by atoms with Crippen LogP contribution in [-0.2, 0) is 13.0 Å². The molecule has 1 aliphatic heterocycles. The van der Waals surface area contributed by atoms with E-state index in [1.54, 1.807) is 12.1 Å². The second-order valence-corrected chi connectivity index (χ2v) is 6.35. The highest BCUT2D eigenvalue weighted by Crippen LogP contribution is 2.29. The maximum Gasteiger partial charge on any atom is 0.226 e. The number of phenolic OH excluding ortho intramolecular Hbond substituents is 1. The summed E-state index contributed by atoms with van der Waals surface area (Å²) in [6, 6.07) is 7.63. The minimum absolute atomic E-state index is 0.335. The Morgan fingerprint density at radius 2 is 1.96 bits per heavy atom. The van der Waals surface area contributed by atoms with Crippen molar-refractivity contribution >= 4 is 0 Å². The van der Waals surface area contributed by atoms with Gasteiger partial charge in [-0.1, -0.05) is 30.6 Å². The molecule has 23 heavy (non-hydrogen) atoms. The van der Waals surface area contributed by atoms with Crippen LogP contribution in [0.5, 0.6) is 5.75 Å². The van der Waals surface area contributed by atoms with Crippen molar-refractivity contribution in [2.75, 3.05) is 13.1 Å². The Morgan fingerprint density at radius 3 is 2.65 bits per heavy atom. The Kier molecular flexibility index (Phi) is 5.28. The molecule has 0 aliphatic carbocycles. The smallest absolute Gasteiger partial charge is 0.226 e. The van der Waals surface area contributed by atoms with Crippen molar-refractivity contribution in [3.8, 4) is 5.75 Å². The first-order chi connectivity index (χ1) is 11.2. The summed E-state index contributed by atoms with van der Waals surface area (Å²) in [4.78, 5) is 6.88. The van der Waals surface area contributed by atoms with Crippen molar-refractivity contribution in [1.82, 2.24) is 15.0 Å². The van der Waals surface area contributed by atoms with Gasteiger partial charge >= 0.3 is 0 Å². The summed E-state index contributed by atoms with van der Waals surface area (Å²) in [6.07, 6.45) is 5.38. The number of likely N-dealkylation sites (tertiary alicyclic amines) is 1. The first kappa shape index (κ1) is 16.0. The fraction of sp³-hybridized carbons (Fsp3) is 0.556. The zero-order valence-corrected chi connectivity index (χ0v) is 13.7. The molecule has 124 valence electrons. The molecule has 1 aromatic carbocycles. The summed E-state index contributed by atoms with van der Waals surface area (Å²) in [7, 11) is 0. The molecule has 0 atom stereocenters. The molecule has 1 aliphatic rings. The molecule has 5 nitrogen and oxygen atoms in total. The molecule has 1 saturated heterocycles. The number of piperidine rings is 1. The van der Waals surface area contributed by atoms with E-state index in [2.05, 4.69) is 22.0 Å². The lowest BCUT2D eigenvalue weighted by Gasteiger charge is -2.31. The Morgan fingerprint density at radius 1 is 1.22 bits per heavy atom. The molecule has 2 aromatic rings. The van der Waals surface area contributed by atoms with Gasteiger partial charge in [-0.05, 0) is 56.0 Å². The predicted octanol–water partition coefficient (Wildman–Crippen LogP) is 3.50. The third kappa shape index (κ3) is 4.32. The van der Waals surface area contributed by atoms with Crippen LogP contribution in [0.15, 0.2) is 28.8 Å². The number of rotatable bonds is 6. The topological polar surface area (TPSA) is 62.4 Å². The minimum atomic E-state index is 0.335. The van der Waals surface area contributed by atoms with E-state index in [1.165, 1.54) is 5.56 Å². The zero-order chi connectivity index (χ0) is 16.1. The first-order valence-corrected chi connectivity index (χ1v) is 8.57. The molecule has 0 saturated carbocycles. The van der Waals surface area contributed by atoms with Gasteiger partial charge in [-0.25, -0.2) is 0 Å². The van der Waals surface area contributed by atoms with E-state index in [4.69, 9.17) is 4.52 Å². The van der Waals surface area contributed by atoms with Crippen molar-refractivity contribution in [3.05, 3.63) is 41.5 Å². The molecule has 0 bridgehead atoms. The van der Waals surface area contributed by atoms with Gasteiger partial charge in [0.25, 0.3) is 0 Å². The van der Waals surface area contributed by atoms with E-state index in [0.717, 1.165) is 63.5 Å². The van der Waals surface area contributed by atoms with Crippen molar-refractivity contribution in [2.24, 2.45) is 0 Å². The number of nitrogens with zero attached hydrogens (tertiary/aromatic N) is 3. The van der Waals surface area contributed by atoms with Gasteiger partial charge in [0, 0.05) is 6.42 Å². The average Bonchev–Trinajstić information content (AvgIpc) is 3.02. The molecule has 5 heteroatoms. The van der Waals surface area contributed by atoms with Gasteiger partial charge in [0.15, 0.2) is 5.82 Å². The molecule has 2 heterocycles. The van der Waals surface area contributed by atoms with Gasteiger partial charge in [-0.3, -0.25) is 4.90 Å². The molecule has 1 N–H and O–H groups in total. The minimum Gasteiger partial charge on any atom is -0.508 e. The van der Waals surface area contributed by atoms with Crippen LogP contribution in [0, 0.1) is 0 Å². The highest BCUT2D eigenvalue weighted by Gasteiger charge is 2.21. The lowest BCUT2D eigenvalue weighted by atomic mass is 9.89. The second kappa shape index (κ2) is 7.59. The second-order valence-electron chi connectivity index (χ2n) is 6.35. The molecule has 1 aromatic heterocycles. The molecule has 0 radical (unpaired) electrons. The Hall–Kier alpha value is -1.88. The van der Waals surface area contributed by atoms with Crippen LogP contribution in [0.4, 0.5) is 0 Å². The molecule has 3 rings (SSSR count). The van der Waals surface area contributed by atoms with Gasteiger partial charge in [0.05, 0.1) is 6.54 Å². The van der Waals surface area contributed by atoms with Gasteiger partial charge in [-0.2, -0.15) is 4.98 Å². The van der Waals surface area contributed by atoms with Crippen molar-refractivity contribution in [2.45, 2.75) is 51.5 Å². The number of benzene rings is 1. The SMILES string of the molecule is CCCCc1nc(CN2CCC(c3ccc(O)cc3)CC2)no1. The quantitative estimate of drug-likeness (QED) is 0.884. The van der Waals surface area contributed by atoms with Crippen LogP contribution in [0.3, 0.4) is 0 Å². The Balaban J connectivity index is 1.49. The van der Waals surface area contributed by atoms with E-state index in [0.29, 0.717) is 11.7 Å². The third-order valence-corrected chi connectivity index (χ3v) is 4.57. The highest BCUT2D eigenvalue weighted by atomic mass is 16.5. The first-order valence-electron chi connectivity index (χ1n) is 8.57. The lowest BCUT2D eigenvalue weighted by Crippen LogP contribution is -2.32. The van der Waals surface area contributed by atoms with Crippen molar-refractivity contribution in [1.29, 1.82) is 0 Å². The molecular formula is C18H25N3O2. The normalized spacial score (nSPS) is 16.7. The number of aromatic nitrogens is 2. The van der Waals surface area contributed by atoms with E-state index in [9.17, 15) is 5.11 Å². The number of hydrogen-bond donors (Lipinski definition) is 1. The van der Waals surface area contributed by atoms with Crippen LogP contribution in [0.2, 0.25) is 0 Å². The number of aromatic hydroxyl groups is 1. The van der Waals surface area contributed by atoms with Gasteiger partial charge in [0.2, 0.25) is 5.89 Å². The molecule has 0 amide bonds.